The number of ether oxygens (including phenoxy) is 1. The normalized spacial score (nSPS) is 8.57. The zero-order valence-electron chi connectivity index (χ0n) is 7.64. The van der Waals surface area contributed by atoms with Gasteiger partial charge in [0.15, 0.2) is 6.73 Å². The molecule has 70 valence electrons. The van der Waals surface area contributed by atoms with Gasteiger partial charge in [-0.3, -0.25) is 0 Å². The van der Waals surface area contributed by atoms with Crippen molar-refractivity contribution >= 4 is 0 Å². The van der Waals surface area contributed by atoms with Gasteiger partial charge >= 0.3 is 0 Å². The highest BCUT2D eigenvalue weighted by atomic mass is 16.5. The van der Waals surface area contributed by atoms with Crippen LogP contribution in [0.15, 0.2) is 23.3 Å². The number of benzene rings is 1. The van der Waals surface area contributed by atoms with Gasteiger partial charge in [-0.15, -0.1) is 0 Å². The van der Waals surface area contributed by atoms with Crippen LogP contribution < -0.4 is 4.74 Å². The Balaban J connectivity index is 2.88. The van der Waals surface area contributed by atoms with E-state index in [4.69, 9.17) is 15.5 Å². The van der Waals surface area contributed by atoms with E-state index in [-0.39, 0.29) is 6.73 Å². The van der Waals surface area contributed by atoms with Crippen molar-refractivity contribution in [2.75, 3.05) is 6.73 Å². The van der Waals surface area contributed by atoms with Crippen LogP contribution in [0.2, 0.25) is 0 Å². The lowest BCUT2D eigenvalue weighted by molar-refractivity contribution is 0.327. The number of hydrogen-bond donors (Lipinski definition) is 0. The average molecular weight is 188 g/mol. The van der Waals surface area contributed by atoms with Crippen molar-refractivity contribution in [2.45, 2.75) is 6.92 Å². The van der Waals surface area contributed by atoms with Gasteiger partial charge in [-0.25, -0.2) is 0 Å². The monoisotopic (exact) mass is 188 g/mol. The van der Waals surface area contributed by atoms with Gasteiger partial charge in [0.2, 0.25) is 0 Å². The Labute approximate surface area is 81.2 Å². The third-order valence-electron chi connectivity index (χ3n) is 1.75. The minimum atomic E-state index is -0.0633. The quantitative estimate of drug-likeness (QED) is 0.414. The maximum absolute atomic E-state index is 8.73. The van der Waals surface area contributed by atoms with Crippen LogP contribution in [0.5, 0.6) is 5.75 Å². The van der Waals surface area contributed by atoms with E-state index in [1.807, 2.05) is 6.07 Å². The summed E-state index contributed by atoms with van der Waals surface area (Å²) in [5.41, 5.74) is 9.35. The molecule has 1 aromatic rings. The maximum atomic E-state index is 8.73. The minimum absolute atomic E-state index is 0.0633. The molecule has 0 N–H and O–H groups in total. The molecule has 0 aliphatic heterocycles. The predicted octanol–water partition coefficient (Wildman–Crippen LogP) is 2.51. The smallest absolute Gasteiger partial charge is 0.167 e. The van der Waals surface area contributed by atoms with E-state index in [1.54, 1.807) is 25.1 Å². The summed E-state index contributed by atoms with van der Waals surface area (Å²) in [6.07, 6.45) is 0. The van der Waals surface area contributed by atoms with E-state index in [1.165, 1.54) is 0 Å². The average Bonchev–Trinajstić information content (AvgIpc) is 2.21. The summed E-state index contributed by atoms with van der Waals surface area (Å²) in [5.74, 6) is 0.566. The van der Waals surface area contributed by atoms with Crippen LogP contribution in [-0.2, 0) is 0 Å². The van der Waals surface area contributed by atoms with Crippen molar-refractivity contribution in [1.29, 1.82) is 5.26 Å². The Morgan fingerprint density at radius 1 is 1.64 bits per heavy atom. The SMILES string of the molecule is Cc1c(C#N)cccc1OCN=[N+]=[N-]. The van der Waals surface area contributed by atoms with Gasteiger partial charge in [0.25, 0.3) is 0 Å². The molecular weight excluding hydrogens is 180 g/mol. The molecule has 0 radical (unpaired) electrons. The molecule has 0 aliphatic carbocycles. The molecule has 14 heavy (non-hydrogen) atoms. The largest absolute Gasteiger partial charge is 0.487 e. The van der Waals surface area contributed by atoms with Gasteiger partial charge in [0, 0.05) is 10.5 Å². The molecule has 0 saturated heterocycles. The lowest BCUT2D eigenvalue weighted by Gasteiger charge is -2.06. The van der Waals surface area contributed by atoms with Crippen molar-refractivity contribution in [2.24, 2.45) is 5.11 Å². The highest BCUT2D eigenvalue weighted by molar-refractivity contribution is 5.45. The summed E-state index contributed by atoms with van der Waals surface area (Å²) in [6, 6.07) is 7.19. The summed E-state index contributed by atoms with van der Waals surface area (Å²) in [7, 11) is 0. The van der Waals surface area contributed by atoms with Crippen LogP contribution in [0.4, 0.5) is 0 Å². The molecule has 0 heterocycles. The molecule has 0 aliphatic rings. The molecule has 0 saturated carbocycles. The number of nitrogens with zero attached hydrogens (tertiary/aromatic N) is 4. The van der Waals surface area contributed by atoms with Gasteiger partial charge in [-0.1, -0.05) is 11.2 Å². The second-order valence-corrected chi connectivity index (χ2v) is 2.54. The van der Waals surface area contributed by atoms with E-state index in [9.17, 15) is 0 Å². The van der Waals surface area contributed by atoms with Crippen molar-refractivity contribution in [3.8, 4) is 11.8 Å². The first kappa shape index (κ1) is 9.90. The zero-order valence-corrected chi connectivity index (χ0v) is 7.64. The Kier molecular flexibility index (Phi) is 3.36. The molecule has 5 nitrogen and oxygen atoms in total. The fraction of sp³-hybridized carbons (Fsp3) is 0.222. The molecule has 0 bridgehead atoms. The van der Waals surface area contributed by atoms with Gasteiger partial charge < -0.3 is 4.74 Å². The Morgan fingerprint density at radius 2 is 2.43 bits per heavy atom. The number of hydrogen-bond acceptors (Lipinski definition) is 3. The van der Waals surface area contributed by atoms with E-state index >= 15 is 0 Å². The van der Waals surface area contributed by atoms with Crippen molar-refractivity contribution in [3.05, 3.63) is 39.8 Å². The molecule has 5 heteroatoms. The highest BCUT2D eigenvalue weighted by Gasteiger charge is 2.02. The molecular formula is C9H8N4O. The first-order valence-electron chi connectivity index (χ1n) is 3.93. The van der Waals surface area contributed by atoms with E-state index in [0.29, 0.717) is 11.3 Å². The third-order valence-corrected chi connectivity index (χ3v) is 1.75. The fourth-order valence-corrected chi connectivity index (χ4v) is 1.02. The molecule has 0 amide bonds. The first-order chi connectivity index (χ1) is 6.79. The number of rotatable bonds is 3. The Hall–Kier alpha value is -2.18. The van der Waals surface area contributed by atoms with Crippen LogP contribution in [-0.4, -0.2) is 6.73 Å². The van der Waals surface area contributed by atoms with Crippen molar-refractivity contribution in [1.82, 2.24) is 0 Å². The molecule has 0 fully saturated rings. The lowest BCUT2D eigenvalue weighted by atomic mass is 10.1. The van der Waals surface area contributed by atoms with Crippen molar-refractivity contribution in [3.63, 3.8) is 0 Å². The van der Waals surface area contributed by atoms with Crippen LogP contribution in [0.3, 0.4) is 0 Å². The summed E-state index contributed by atoms with van der Waals surface area (Å²) < 4.78 is 5.15. The molecule has 0 aromatic heterocycles. The predicted molar refractivity (Wildman–Crippen MR) is 50.5 cm³/mol. The summed E-state index contributed by atoms with van der Waals surface area (Å²) in [4.78, 5) is 2.56. The number of azide groups is 1. The molecule has 0 spiro atoms. The zero-order chi connectivity index (χ0) is 10.4. The molecule has 1 aromatic carbocycles. The van der Waals surface area contributed by atoms with Crippen LogP contribution >= 0.6 is 0 Å². The van der Waals surface area contributed by atoms with Gasteiger partial charge in [0.05, 0.1) is 11.6 Å². The van der Waals surface area contributed by atoms with Crippen LogP contribution in [0.1, 0.15) is 11.1 Å². The number of nitriles is 1. The van der Waals surface area contributed by atoms with Crippen molar-refractivity contribution < 1.29 is 4.74 Å². The summed E-state index contributed by atoms with van der Waals surface area (Å²) in [6.45, 7) is 1.72. The van der Waals surface area contributed by atoms with E-state index in [2.05, 4.69) is 10.0 Å². The lowest BCUT2D eigenvalue weighted by Crippen LogP contribution is -1.96. The topological polar surface area (TPSA) is 81.8 Å². The van der Waals surface area contributed by atoms with Gasteiger partial charge in [0.1, 0.15) is 5.75 Å². The second-order valence-electron chi connectivity index (χ2n) is 2.54. The van der Waals surface area contributed by atoms with Gasteiger partial charge in [-0.2, -0.15) is 5.26 Å². The van der Waals surface area contributed by atoms with Gasteiger partial charge in [-0.05, 0) is 24.6 Å². The van der Waals surface area contributed by atoms with E-state index < -0.39 is 0 Å². The summed E-state index contributed by atoms with van der Waals surface area (Å²) in [5, 5.41) is 12.0. The maximum Gasteiger partial charge on any atom is 0.167 e. The van der Waals surface area contributed by atoms with Crippen LogP contribution in [0.25, 0.3) is 10.4 Å². The molecule has 0 atom stereocenters. The van der Waals surface area contributed by atoms with Crippen LogP contribution in [0, 0.1) is 18.3 Å². The van der Waals surface area contributed by atoms with E-state index in [0.717, 1.165) is 5.56 Å². The third kappa shape index (κ3) is 2.16. The summed E-state index contributed by atoms with van der Waals surface area (Å²) >= 11 is 0. The fourth-order valence-electron chi connectivity index (χ4n) is 1.02. The second kappa shape index (κ2) is 4.75. The Bertz CT molecular complexity index is 415. The standard InChI is InChI=1S/C9H8N4O/c1-7-8(5-10)3-2-4-9(7)14-6-12-13-11/h2-4H,6H2,1H3. The molecule has 1 rings (SSSR count). The minimum Gasteiger partial charge on any atom is -0.487 e. The first-order valence-corrected chi connectivity index (χ1v) is 3.93. The molecule has 0 unspecified atom stereocenters. The Morgan fingerprint density at radius 3 is 3.07 bits per heavy atom. The highest BCUT2D eigenvalue weighted by Crippen LogP contribution is 2.20.